The Bertz CT molecular complexity index is 274. The maximum Gasteiger partial charge on any atom is 0.329 e. The number of ether oxygens (including phenoxy) is 1. The molecule has 0 bridgehead atoms. The van der Waals surface area contributed by atoms with Gasteiger partial charge in [-0.2, -0.15) is 4.98 Å². The molecule has 0 aromatic carbocycles. The monoisotopic (exact) mass is 188 g/mol. The molecule has 0 atom stereocenters. The number of nitrogens with zero attached hydrogens (tertiary/aromatic N) is 2. The molecule has 1 heterocycles. The molecule has 0 saturated carbocycles. The van der Waals surface area contributed by atoms with Crippen molar-refractivity contribution in [2.24, 2.45) is 0 Å². The van der Waals surface area contributed by atoms with Crippen molar-refractivity contribution in [3.63, 3.8) is 0 Å². The quantitative estimate of drug-likeness (QED) is 0.699. The fourth-order valence-electron chi connectivity index (χ4n) is 0.503. The van der Waals surface area contributed by atoms with Gasteiger partial charge in [-0.1, -0.05) is 0 Å². The number of hydrogen-bond donors (Lipinski definition) is 2. The van der Waals surface area contributed by atoms with Crippen molar-refractivity contribution in [3.8, 4) is 6.01 Å². The van der Waals surface area contributed by atoms with Crippen molar-refractivity contribution in [1.82, 2.24) is 14.7 Å². The summed E-state index contributed by atoms with van der Waals surface area (Å²) in [5, 5.41) is 5.26. The van der Waals surface area contributed by atoms with Crippen LogP contribution in [0.15, 0.2) is 0 Å². The van der Waals surface area contributed by atoms with Gasteiger partial charge >= 0.3 is 12.0 Å². The lowest BCUT2D eigenvalue weighted by Gasteiger charge is -1.96. The Morgan fingerprint density at radius 1 is 1.67 bits per heavy atom. The lowest BCUT2D eigenvalue weighted by molar-refractivity contribution is 0.254. The number of nitrogens with one attached hydrogen (secondary N) is 2. The molecule has 0 aliphatic carbocycles. The van der Waals surface area contributed by atoms with E-state index in [2.05, 4.69) is 20.0 Å². The molecule has 0 saturated heterocycles. The number of aromatic nitrogens is 2. The molecule has 6 nitrogen and oxygen atoms in total. The van der Waals surface area contributed by atoms with E-state index in [1.807, 2.05) is 0 Å². The second-order valence-corrected chi connectivity index (χ2v) is 2.54. The summed E-state index contributed by atoms with van der Waals surface area (Å²) in [5.74, 6) is 0. The van der Waals surface area contributed by atoms with Crippen LogP contribution in [0.25, 0.3) is 0 Å². The minimum absolute atomic E-state index is 0.256. The SMILES string of the molecule is CNC(=O)Nc1nc(OC)ns1. The molecular formula is C5H8N4O2S. The first-order valence-electron chi connectivity index (χ1n) is 3.12. The summed E-state index contributed by atoms with van der Waals surface area (Å²) < 4.78 is 8.51. The number of anilines is 1. The molecule has 1 rings (SSSR count). The molecule has 2 amide bonds. The largest absolute Gasteiger partial charge is 0.466 e. The van der Waals surface area contributed by atoms with Crippen LogP contribution < -0.4 is 15.4 Å². The number of amides is 2. The number of rotatable bonds is 2. The van der Waals surface area contributed by atoms with Crippen LogP contribution in [0, 0.1) is 0 Å². The average molecular weight is 188 g/mol. The van der Waals surface area contributed by atoms with Crippen LogP contribution in [0.3, 0.4) is 0 Å². The zero-order valence-electron chi connectivity index (χ0n) is 6.62. The topological polar surface area (TPSA) is 76.1 Å². The van der Waals surface area contributed by atoms with Crippen molar-refractivity contribution in [3.05, 3.63) is 0 Å². The maximum atomic E-state index is 10.8. The van der Waals surface area contributed by atoms with E-state index < -0.39 is 0 Å². The molecule has 0 spiro atoms. The van der Waals surface area contributed by atoms with Gasteiger partial charge in [0.05, 0.1) is 7.11 Å². The Morgan fingerprint density at radius 3 is 2.92 bits per heavy atom. The maximum absolute atomic E-state index is 10.8. The van der Waals surface area contributed by atoms with Gasteiger partial charge < -0.3 is 10.1 Å². The zero-order chi connectivity index (χ0) is 8.97. The Balaban J connectivity index is 2.58. The molecule has 1 aromatic heterocycles. The summed E-state index contributed by atoms with van der Waals surface area (Å²) in [6.07, 6.45) is 0. The van der Waals surface area contributed by atoms with Crippen LogP contribution in [0.4, 0.5) is 9.93 Å². The van der Waals surface area contributed by atoms with Crippen molar-refractivity contribution in [1.29, 1.82) is 0 Å². The highest BCUT2D eigenvalue weighted by Crippen LogP contribution is 2.14. The van der Waals surface area contributed by atoms with Crippen molar-refractivity contribution in [2.75, 3.05) is 19.5 Å². The lowest BCUT2D eigenvalue weighted by atomic mass is 10.9. The standard InChI is InChI=1S/C5H8N4O2S/c1-6-3(10)7-5-8-4(11-2)9-12-5/h1-2H3,(H2,6,7,8,9,10). The van der Waals surface area contributed by atoms with Crippen LogP contribution in [0.1, 0.15) is 0 Å². The third-order valence-corrected chi connectivity index (χ3v) is 1.65. The van der Waals surface area contributed by atoms with Crippen LogP contribution >= 0.6 is 11.5 Å². The second-order valence-electron chi connectivity index (χ2n) is 1.79. The minimum atomic E-state index is -0.325. The Kier molecular flexibility index (Phi) is 2.81. The Labute approximate surface area is 73.1 Å². The molecule has 0 aliphatic heterocycles. The van der Waals surface area contributed by atoms with E-state index in [0.29, 0.717) is 5.13 Å². The van der Waals surface area contributed by atoms with Gasteiger partial charge in [0.1, 0.15) is 0 Å². The van der Waals surface area contributed by atoms with Crippen molar-refractivity contribution >= 4 is 22.7 Å². The van der Waals surface area contributed by atoms with E-state index in [9.17, 15) is 4.79 Å². The molecule has 0 unspecified atom stereocenters. The second kappa shape index (κ2) is 3.86. The van der Waals surface area contributed by atoms with E-state index in [1.165, 1.54) is 14.2 Å². The van der Waals surface area contributed by atoms with Gasteiger partial charge in [0.25, 0.3) is 0 Å². The average Bonchev–Trinajstić information content (AvgIpc) is 2.52. The van der Waals surface area contributed by atoms with E-state index in [1.54, 1.807) is 0 Å². The summed E-state index contributed by atoms with van der Waals surface area (Å²) in [6.45, 7) is 0. The highest BCUT2D eigenvalue weighted by atomic mass is 32.1. The van der Waals surface area contributed by atoms with Crippen molar-refractivity contribution < 1.29 is 9.53 Å². The molecular weight excluding hydrogens is 180 g/mol. The van der Waals surface area contributed by atoms with Crippen LogP contribution in [0.2, 0.25) is 0 Å². The molecule has 7 heteroatoms. The van der Waals surface area contributed by atoms with E-state index in [0.717, 1.165) is 11.5 Å². The first kappa shape index (κ1) is 8.72. The summed E-state index contributed by atoms with van der Waals surface area (Å²) >= 11 is 1.06. The van der Waals surface area contributed by atoms with E-state index in [4.69, 9.17) is 4.74 Å². The van der Waals surface area contributed by atoms with Gasteiger partial charge in [0.15, 0.2) is 0 Å². The van der Waals surface area contributed by atoms with Gasteiger partial charge in [-0.05, 0) is 0 Å². The number of hydrogen-bond acceptors (Lipinski definition) is 5. The Hall–Kier alpha value is -1.37. The first-order valence-corrected chi connectivity index (χ1v) is 3.90. The number of methoxy groups -OCH3 is 1. The Morgan fingerprint density at radius 2 is 2.42 bits per heavy atom. The summed E-state index contributed by atoms with van der Waals surface area (Å²) in [7, 11) is 2.99. The smallest absolute Gasteiger partial charge is 0.329 e. The molecule has 0 aliphatic rings. The molecule has 0 fully saturated rings. The van der Waals surface area contributed by atoms with Crippen LogP contribution in [-0.2, 0) is 0 Å². The molecule has 66 valence electrons. The van der Waals surface area contributed by atoms with Crippen LogP contribution in [0.5, 0.6) is 6.01 Å². The normalized spacial score (nSPS) is 9.17. The van der Waals surface area contributed by atoms with Gasteiger partial charge in [-0.15, -0.1) is 4.37 Å². The summed E-state index contributed by atoms with van der Waals surface area (Å²) in [4.78, 5) is 14.6. The summed E-state index contributed by atoms with van der Waals surface area (Å²) in [5.41, 5.74) is 0. The summed E-state index contributed by atoms with van der Waals surface area (Å²) in [6, 6.07) is -0.0693. The van der Waals surface area contributed by atoms with E-state index >= 15 is 0 Å². The molecule has 0 radical (unpaired) electrons. The zero-order valence-corrected chi connectivity index (χ0v) is 7.44. The first-order chi connectivity index (χ1) is 5.76. The highest BCUT2D eigenvalue weighted by molar-refractivity contribution is 7.10. The minimum Gasteiger partial charge on any atom is -0.466 e. The lowest BCUT2D eigenvalue weighted by Crippen LogP contribution is -2.24. The number of carbonyl (C=O) groups is 1. The number of urea groups is 1. The fourth-order valence-corrected chi connectivity index (χ4v) is 1.04. The van der Waals surface area contributed by atoms with Gasteiger partial charge in [0.2, 0.25) is 5.13 Å². The van der Waals surface area contributed by atoms with Gasteiger partial charge in [0, 0.05) is 18.6 Å². The van der Waals surface area contributed by atoms with Gasteiger partial charge in [-0.25, -0.2) is 4.79 Å². The molecule has 1 aromatic rings. The number of carbonyl (C=O) groups excluding carboxylic acids is 1. The predicted octanol–water partition coefficient (Wildman–Crippen LogP) is 0.298. The molecule has 12 heavy (non-hydrogen) atoms. The third kappa shape index (κ3) is 2.06. The van der Waals surface area contributed by atoms with E-state index in [-0.39, 0.29) is 12.0 Å². The van der Waals surface area contributed by atoms with Gasteiger partial charge in [-0.3, -0.25) is 5.32 Å². The molecule has 2 N–H and O–H groups in total. The third-order valence-electron chi connectivity index (χ3n) is 1.04. The fraction of sp³-hybridized carbons (Fsp3) is 0.400. The highest BCUT2D eigenvalue weighted by Gasteiger charge is 2.05. The van der Waals surface area contributed by atoms with Crippen molar-refractivity contribution in [2.45, 2.75) is 0 Å². The predicted molar refractivity (Wildman–Crippen MR) is 44.5 cm³/mol. The van der Waals surface area contributed by atoms with Crippen LogP contribution in [-0.4, -0.2) is 29.5 Å².